The van der Waals surface area contributed by atoms with Crippen molar-refractivity contribution in [3.63, 3.8) is 0 Å². The Bertz CT molecular complexity index is 473. The van der Waals surface area contributed by atoms with Crippen LogP contribution in [0.15, 0.2) is 28.7 Å². The first-order valence-electron chi connectivity index (χ1n) is 7.67. The largest absolute Gasteiger partial charge is 0.466 e. The Labute approximate surface area is 140 Å². The molecule has 0 saturated heterocycles. The molecular formula is C17H23BrO4. The number of ether oxygens (including phenoxy) is 2. The fourth-order valence-corrected chi connectivity index (χ4v) is 2.31. The molecule has 0 atom stereocenters. The summed E-state index contributed by atoms with van der Waals surface area (Å²) in [5, 5.41) is 0. The zero-order chi connectivity index (χ0) is 16.2. The average Bonchev–Trinajstić information content (AvgIpc) is 2.50. The normalized spacial score (nSPS) is 10.3. The smallest absolute Gasteiger partial charge is 0.306 e. The van der Waals surface area contributed by atoms with Crippen molar-refractivity contribution in [1.82, 2.24) is 0 Å². The standard InChI is InChI=1S/C17H23BrO4/c1-2-3-4-11-21-16(19)8-9-17(20)22-12-10-14-6-5-7-15(18)13-14/h5-7,13H,2-4,8-12H2,1H3. The van der Waals surface area contributed by atoms with Crippen molar-refractivity contribution in [3.8, 4) is 0 Å². The molecule has 122 valence electrons. The number of halogens is 1. The van der Waals surface area contributed by atoms with Gasteiger partial charge in [0, 0.05) is 10.9 Å². The van der Waals surface area contributed by atoms with Crippen molar-refractivity contribution >= 4 is 27.9 Å². The summed E-state index contributed by atoms with van der Waals surface area (Å²) in [6, 6.07) is 7.85. The Kier molecular flexibility index (Phi) is 9.55. The van der Waals surface area contributed by atoms with Gasteiger partial charge in [0.05, 0.1) is 26.1 Å². The second kappa shape index (κ2) is 11.2. The quantitative estimate of drug-likeness (QED) is 0.460. The molecule has 0 saturated carbocycles. The SMILES string of the molecule is CCCCCOC(=O)CCC(=O)OCCc1cccc(Br)c1. The highest BCUT2D eigenvalue weighted by molar-refractivity contribution is 9.10. The Balaban J connectivity index is 2.09. The van der Waals surface area contributed by atoms with Gasteiger partial charge in [0.25, 0.3) is 0 Å². The summed E-state index contributed by atoms with van der Waals surface area (Å²) in [6.07, 6.45) is 3.83. The van der Waals surface area contributed by atoms with Crippen LogP contribution in [0.5, 0.6) is 0 Å². The zero-order valence-electron chi connectivity index (χ0n) is 13.0. The third-order valence-corrected chi connectivity index (χ3v) is 3.58. The molecule has 0 radical (unpaired) electrons. The van der Waals surface area contributed by atoms with Crippen LogP contribution in [0, 0.1) is 0 Å². The monoisotopic (exact) mass is 370 g/mol. The van der Waals surface area contributed by atoms with E-state index in [1.54, 1.807) is 0 Å². The average molecular weight is 371 g/mol. The predicted octanol–water partition coefficient (Wildman–Crippen LogP) is 4.05. The number of carbonyl (C=O) groups is 2. The molecular weight excluding hydrogens is 348 g/mol. The van der Waals surface area contributed by atoms with Crippen molar-refractivity contribution in [2.24, 2.45) is 0 Å². The highest BCUT2D eigenvalue weighted by Crippen LogP contribution is 2.12. The van der Waals surface area contributed by atoms with E-state index in [9.17, 15) is 9.59 Å². The van der Waals surface area contributed by atoms with Crippen molar-refractivity contribution < 1.29 is 19.1 Å². The molecule has 0 aliphatic carbocycles. The Morgan fingerprint density at radius 2 is 1.73 bits per heavy atom. The van der Waals surface area contributed by atoms with Gasteiger partial charge in [0.15, 0.2) is 0 Å². The van der Waals surface area contributed by atoms with Gasteiger partial charge in [-0.05, 0) is 24.1 Å². The van der Waals surface area contributed by atoms with E-state index in [2.05, 4.69) is 22.9 Å². The fourth-order valence-electron chi connectivity index (χ4n) is 1.86. The minimum absolute atomic E-state index is 0.0745. The van der Waals surface area contributed by atoms with Gasteiger partial charge in [-0.1, -0.05) is 47.8 Å². The lowest BCUT2D eigenvalue weighted by Gasteiger charge is -2.06. The maximum Gasteiger partial charge on any atom is 0.306 e. The summed E-state index contributed by atoms with van der Waals surface area (Å²) in [4.78, 5) is 22.9. The maximum atomic E-state index is 11.5. The number of hydrogen-bond donors (Lipinski definition) is 0. The van der Waals surface area contributed by atoms with Crippen LogP contribution in [-0.4, -0.2) is 25.2 Å². The molecule has 0 aliphatic heterocycles. The first-order valence-corrected chi connectivity index (χ1v) is 8.46. The van der Waals surface area contributed by atoms with Crippen molar-refractivity contribution in [2.75, 3.05) is 13.2 Å². The number of unbranched alkanes of at least 4 members (excludes halogenated alkanes) is 2. The number of hydrogen-bond acceptors (Lipinski definition) is 4. The van der Waals surface area contributed by atoms with Crippen LogP contribution in [-0.2, 0) is 25.5 Å². The summed E-state index contributed by atoms with van der Waals surface area (Å²) in [5.41, 5.74) is 1.09. The molecule has 22 heavy (non-hydrogen) atoms. The zero-order valence-corrected chi connectivity index (χ0v) is 14.6. The van der Waals surface area contributed by atoms with Crippen molar-refractivity contribution in [1.29, 1.82) is 0 Å². The topological polar surface area (TPSA) is 52.6 Å². The minimum Gasteiger partial charge on any atom is -0.466 e. The van der Waals surface area contributed by atoms with Gasteiger partial charge in [-0.15, -0.1) is 0 Å². The van der Waals surface area contributed by atoms with E-state index in [4.69, 9.17) is 9.47 Å². The molecule has 1 rings (SSSR count). The third kappa shape index (κ3) is 8.82. The Morgan fingerprint density at radius 3 is 2.36 bits per heavy atom. The number of esters is 2. The number of rotatable bonds is 10. The van der Waals surface area contributed by atoms with Gasteiger partial charge in [0.2, 0.25) is 0 Å². The van der Waals surface area contributed by atoms with Gasteiger partial charge in [-0.3, -0.25) is 9.59 Å². The first-order chi connectivity index (χ1) is 10.6. The molecule has 0 amide bonds. The van der Waals surface area contributed by atoms with Crippen molar-refractivity contribution in [2.45, 2.75) is 45.4 Å². The summed E-state index contributed by atoms with van der Waals surface area (Å²) in [7, 11) is 0. The van der Waals surface area contributed by atoms with E-state index in [1.807, 2.05) is 24.3 Å². The predicted molar refractivity (Wildman–Crippen MR) is 88.5 cm³/mol. The van der Waals surface area contributed by atoms with Gasteiger partial charge in [0.1, 0.15) is 0 Å². The number of benzene rings is 1. The van der Waals surface area contributed by atoms with Crippen LogP contribution in [0.25, 0.3) is 0 Å². The van der Waals surface area contributed by atoms with E-state index < -0.39 is 0 Å². The van der Waals surface area contributed by atoms with E-state index in [0.29, 0.717) is 19.6 Å². The summed E-state index contributed by atoms with van der Waals surface area (Å²) < 4.78 is 11.1. The summed E-state index contributed by atoms with van der Waals surface area (Å²) in [6.45, 7) is 2.84. The molecule has 0 heterocycles. The van der Waals surface area contributed by atoms with Crippen LogP contribution in [0.2, 0.25) is 0 Å². The van der Waals surface area contributed by atoms with E-state index in [-0.39, 0.29) is 24.8 Å². The van der Waals surface area contributed by atoms with E-state index in [0.717, 1.165) is 29.3 Å². The van der Waals surface area contributed by atoms with Crippen LogP contribution in [0.1, 0.15) is 44.6 Å². The van der Waals surface area contributed by atoms with Crippen LogP contribution in [0.4, 0.5) is 0 Å². The minimum atomic E-state index is -0.361. The lowest BCUT2D eigenvalue weighted by molar-refractivity contribution is -0.150. The van der Waals surface area contributed by atoms with Crippen LogP contribution < -0.4 is 0 Å². The molecule has 0 aliphatic rings. The molecule has 0 aromatic heterocycles. The fraction of sp³-hybridized carbons (Fsp3) is 0.529. The maximum absolute atomic E-state index is 11.5. The van der Waals surface area contributed by atoms with Gasteiger partial charge in [-0.2, -0.15) is 0 Å². The molecule has 1 aromatic carbocycles. The van der Waals surface area contributed by atoms with Crippen LogP contribution >= 0.6 is 15.9 Å². The second-order valence-corrected chi connectivity index (χ2v) is 5.94. The molecule has 0 fully saturated rings. The molecule has 5 heteroatoms. The highest BCUT2D eigenvalue weighted by atomic mass is 79.9. The molecule has 1 aromatic rings. The van der Waals surface area contributed by atoms with E-state index >= 15 is 0 Å². The molecule has 0 spiro atoms. The number of carbonyl (C=O) groups excluding carboxylic acids is 2. The summed E-state index contributed by atoms with van der Waals surface area (Å²) >= 11 is 3.39. The highest BCUT2D eigenvalue weighted by Gasteiger charge is 2.09. The molecule has 0 bridgehead atoms. The summed E-state index contributed by atoms with van der Waals surface area (Å²) in [5.74, 6) is -0.694. The first kappa shape index (κ1) is 18.7. The lowest BCUT2D eigenvalue weighted by Crippen LogP contribution is -2.12. The molecule has 0 unspecified atom stereocenters. The van der Waals surface area contributed by atoms with E-state index in [1.165, 1.54) is 0 Å². The van der Waals surface area contributed by atoms with Gasteiger partial charge >= 0.3 is 11.9 Å². The van der Waals surface area contributed by atoms with Crippen molar-refractivity contribution in [3.05, 3.63) is 34.3 Å². The Hall–Kier alpha value is -1.36. The lowest BCUT2D eigenvalue weighted by atomic mass is 10.2. The van der Waals surface area contributed by atoms with Crippen LogP contribution in [0.3, 0.4) is 0 Å². The van der Waals surface area contributed by atoms with Gasteiger partial charge in [-0.25, -0.2) is 0 Å². The molecule has 0 N–H and O–H groups in total. The third-order valence-electron chi connectivity index (χ3n) is 3.09. The second-order valence-electron chi connectivity index (χ2n) is 5.03. The van der Waals surface area contributed by atoms with Gasteiger partial charge < -0.3 is 9.47 Å². The Morgan fingerprint density at radius 1 is 1.05 bits per heavy atom. The molecule has 4 nitrogen and oxygen atoms in total.